The van der Waals surface area contributed by atoms with Crippen LogP contribution in [-0.4, -0.2) is 18.3 Å². The third kappa shape index (κ3) is 2.89. The van der Waals surface area contributed by atoms with Crippen LogP contribution in [0.2, 0.25) is 5.31 Å². The highest BCUT2D eigenvalue weighted by molar-refractivity contribution is 6.51. The van der Waals surface area contributed by atoms with Gasteiger partial charge in [0.1, 0.15) is 0 Å². The summed E-state index contributed by atoms with van der Waals surface area (Å²) < 4.78 is 12.2. The van der Waals surface area contributed by atoms with Crippen LogP contribution < -0.4 is 0 Å². The fourth-order valence-corrected chi connectivity index (χ4v) is 1.74. The summed E-state index contributed by atoms with van der Waals surface area (Å²) in [5.41, 5.74) is -0.596. The molecular weight excluding hydrogens is 223 g/mol. The molecule has 102 valence electrons. The third-order valence-electron chi connectivity index (χ3n) is 4.04. The Hall–Kier alpha value is -0.535. The summed E-state index contributed by atoms with van der Waals surface area (Å²) in [6, 6.07) is 0. The predicted octanol–water partition coefficient (Wildman–Crippen LogP) is 4.24. The van der Waals surface area contributed by atoms with E-state index in [0.29, 0.717) is 5.92 Å². The molecule has 0 bridgehead atoms. The Morgan fingerprint density at radius 3 is 1.89 bits per heavy atom. The molecule has 1 saturated heterocycles. The molecular formula is C15H27BO2. The van der Waals surface area contributed by atoms with E-state index >= 15 is 0 Å². The van der Waals surface area contributed by atoms with Crippen molar-refractivity contribution in [1.82, 2.24) is 0 Å². The van der Waals surface area contributed by atoms with Crippen molar-refractivity contribution in [2.24, 2.45) is 5.92 Å². The molecule has 1 rings (SSSR count). The van der Waals surface area contributed by atoms with Crippen molar-refractivity contribution in [3.8, 4) is 0 Å². The van der Waals surface area contributed by atoms with Crippen LogP contribution in [0.15, 0.2) is 24.8 Å². The van der Waals surface area contributed by atoms with Gasteiger partial charge in [-0.3, -0.25) is 0 Å². The minimum atomic E-state index is -0.298. The number of allylic oxidation sites excluding steroid dienone is 3. The van der Waals surface area contributed by atoms with Gasteiger partial charge in [-0.05, 0) is 33.6 Å². The van der Waals surface area contributed by atoms with Gasteiger partial charge < -0.3 is 9.31 Å². The smallest absolute Gasteiger partial charge is 0.402 e. The average molecular weight is 250 g/mol. The standard InChI is InChI=1S/C15H27BO2/c1-9-15(8,11-10-12(2)3)16-17-13(4,5)14(6,7)18-16/h9-12H,1H2,2-8H3/b11-10+/t15-/m1/s1. The van der Waals surface area contributed by atoms with E-state index < -0.39 is 0 Å². The van der Waals surface area contributed by atoms with Crippen LogP contribution in [0.1, 0.15) is 48.5 Å². The van der Waals surface area contributed by atoms with Crippen LogP contribution in [0, 0.1) is 5.92 Å². The largest absolute Gasteiger partial charge is 0.472 e. The van der Waals surface area contributed by atoms with Crippen LogP contribution in [0.5, 0.6) is 0 Å². The lowest BCUT2D eigenvalue weighted by Gasteiger charge is -2.32. The second kappa shape index (κ2) is 4.86. The molecule has 0 unspecified atom stereocenters. The van der Waals surface area contributed by atoms with E-state index in [9.17, 15) is 0 Å². The van der Waals surface area contributed by atoms with Crippen molar-refractivity contribution in [3.05, 3.63) is 24.8 Å². The monoisotopic (exact) mass is 250 g/mol. The number of hydrogen-bond acceptors (Lipinski definition) is 2. The van der Waals surface area contributed by atoms with Crippen LogP contribution in [-0.2, 0) is 9.31 Å². The lowest BCUT2D eigenvalue weighted by atomic mass is 9.58. The van der Waals surface area contributed by atoms with E-state index in [1.807, 2.05) is 6.08 Å². The molecule has 0 spiro atoms. The molecule has 1 atom stereocenters. The van der Waals surface area contributed by atoms with Gasteiger partial charge in [-0.1, -0.05) is 39.0 Å². The average Bonchev–Trinajstić information content (AvgIpc) is 2.45. The zero-order valence-corrected chi connectivity index (χ0v) is 12.9. The summed E-state index contributed by atoms with van der Waals surface area (Å²) in [7, 11) is -0.282. The van der Waals surface area contributed by atoms with E-state index in [1.165, 1.54) is 0 Å². The first-order valence-corrected chi connectivity index (χ1v) is 6.73. The van der Waals surface area contributed by atoms with Crippen molar-refractivity contribution >= 4 is 7.12 Å². The van der Waals surface area contributed by atoms with Gasteiger partial charge in [0.2, 0.25) is 0 Å². The normalized spacial score (nSPS) is 25.7. The zero-order valence-electron chi connectivity index (χ0n) is 12.9. The van der Waals surface area contributed by atoms with Gasteiger partial charge in [-0.15, -0.1) is 6.58 Å². The number of rotatable bonds is 4. The minimum Gasteiger partial charge on any atom is -0.402 e. The summed E-state index contributed by atoms with van der Waals surface area (Å²) in [5.74, 6) is 0.506. The number of hydrogen-bond donors (Lipinski definition) is 0. The molecule has 1 aliphatic heterocycles. The molecule has 0 aromatic rings. The molecule has 1 aliphatic rings. The van der Waals surface area contributed by atoms with Crippen LogP contribution in [0.25, 0.3) is 0 Å². The third-order valence-corrected chi connectivity index (χ3v) is 4.04. The summed E-state index contributed by atoms with van der Waals surface area (Å²) in [6.45, 7) is 18.6. The van der Waals surface area contributed by atoms with Gasteiger partial charge in [0.25, 0.3) is 0 Å². The molecule has 3 heteroatoms. The van der Waals surface area contributed by atoms with Gasteiger partial charge >= 0.3 is 7.12 Å². The van der Waals surface area contributed by atoms with E-state index in [1.54, 1.807) is 0 Å². The van der Waals surface area contributed by atoms with Crippen molar-refractivity contribution < 1.29 is 9.31 Å². The maximum absolute atomic E-state index is 6.11. The molecule has 1 fully saturated rings. The van der Waals surface area contributed by atoms with E-state index in [2.05, 4.69) is 67.2 Å². The molecule has 0 aromatic carbocycles. The van der Waals surface area contributed by atoms with Crippen molar-refractivity contribution in [1.29, 1.82) is 0 Å². The van der Waals surface area contributed by atoms with Crippen LogP contribution >= 0.6 is 0 Å². The first kappa shape index (κ1) is 15.5. The minimum absolute atomic E-state index is 0.282. The molecule has 2 nitrogen and oxygen atoms in total. The van der Waals surface area contributed by atoms with E-state index in [0.717, 1.165) is 0 Å². The van der Waals surface area contributed by atoms with Crippen LogP contribution in [0.3, 0.4) is 0 Å². The fourth-order valence-electron chi connectivity index (χ4n) is 1.74. The maximum atomic E-state index is 6.11. The first-order valence-electron chi connectivity index (χ1n) is 6.73. The van der Waals surface area contributed by atoms with Crippen molar-refractivity contribution in [2.75, 3.05) is 0 Å². The Balaban J connectivity index is 2.96. The summed E-state index contributed by atoms with van der Waals surface area (Å²) in [6.07, 6.45) is 6.23. The lowest BCUT2D eigenvalue weighted by Crippen LogP contribution is -2.41. The van der Waals surface area contributed by atoms with Crippen molar-refractivity contribution in [2.45, 2.75) is 65.0 Å². The van der Waals surface area contributed by atoms with Gasteiger partial charge in [-0.2, -0.15) is 0 Å². The Bertz CT molecular complexity index is 328. The van der Waals surface area contributed by atoms with Gasteiger partial charge in [0.15, 0.2) is 0 Å². The Labute approximate surface area is 113 Å². The molecule has 0 radical (unpaired) electrons. The van der Waals surface area contributed by atoms with Crippen LogP contribution in [0.4, 0.5) is 0 Å². The predicted molar refractivity (Wildman–Crippen MR) is 78.6 cm³/mol. The van der Waals surface area contributed by atoms with E-state index in [4.69, 9.17) is 9.31 Å². The molecule has 1 heterocycles. The zero-order chi connectivity index (χ0) is 14.2. The van der Waals surface area contributed by atoms with Gasteiger partial charge in [-0.25, -0.2) is 0 Å². The maximum Gasteiger partial charge on any atom is 0.472 e. The SMILES string of the molecule is C=C[C@](C)(/C=C/C(C)C)B1OC(C)(C)C(C)(C)O1. The second-order valence-electron chi connectivity index (χ2n) is 6.76. The molecule has 0 saturated carbocycles. The molecule has 0 aromatic heterocycles. The topological polar surface area (TPSA) is 18.5 Å². The highest BCUT2D eigenvalue weighted by atomic mass is 16.7. The highest BCUT2D eigenvalue weighted by Gasteiger charge is 2.56. The molecule has 0 N–H and O–H groups in total. The summed E-state index contributed by atoms with van der Waals surface area (Å²) in [4.78, 5) is 0. The van der Waals surface area contributed by atoms with Gasteiger partial charge in [0.05, 0.1) is 11.2 Å². The molecule has 18 heavy (non-hydrogen) atoms. The second-order valence-corrected chi connectivity index (χ2v) is 6.76. The Morgan fingerprint density at radius 1 is 1.11 bits per heavy atom. The van der Waals surface area contributed by atoms with Gasteiger partial charge in [0, 0.05) is 5.31 Å². The Kier molecular flexibility index (Phi) is 4.19. The van der Waals surface area contributed by atoms with Crippen molar-refractivity contribution in [3.63, 3.8) is 0 Å². The summed E-state index contributed by atoms with van der Waals surface area (Å²) in [5, 5.41) is -0.296. The van der Waals surface area contributed by atoms with E-state index in [-0.39, 0.29) is 23.6 Å². The molecule has 0 aliphatic carbocycles. The quantitative estimate of drug-likeness (QED) is 0.549. The molecule has 0 amide bonds. The summed E-state index contributed by atoms with van der Waals surface area (Å²) >= 11 is 0. The fraction of sp³-hybridized carbons (Fsp3) is 0.733. The lowest BCUT2D eigenvalue weighted by molar-refractivity contribution is 0.00578. The first-order chi connectivity index (χ1) is 8.04. The Morgan fingerprint density at radius 2 is 1.56 bits per heavy atom. The highest BCUT2D eigenvalue weighted by Crippen LogP contribution is 2.46.